The predicted molar refractivity (Wildman–Crippen MR) is 75.0 cm³/mol. The Morgan fingerprint density at radius 2 is 1.54 bits per heavy atom. The summed E-state index contributed by atoms with van der Waals surface area (Å²) in [5.41, 5.74) is -0.912. The van der Waals surface area contributed by atoms with E-state index in [9.17, 15) is 22.0 Å². The molecule has 0 amide bonds. The highest BCUT2D eigenvalue weighted by Crippen LogP contribution is 2.35. The Balaban J connectivity index is 2.29. The highest BCUT2D eigenvalue weighted by atomic mass is 19.4. The van der Waals surface area contributed by atoms with Crippen LogP contribution in [0.3, 0.4) is 0 Å². The van der Waals surface area contributed by atoms with Crippen molar-refractivity contribution in [1.29, 1.82) is 0 Å². The lowest BCUT2D eigenvalue weighted by Crippen LogP contribution is -2.09. The minimum Gasteiger partial charge on any atom is -0.246 e. The van der Waals surface area contributed by atoms with Crippen LogP contribution >= 0.6 is 0 Å². The maximum absolute atomic E-state index is 14.2. The van der Waals surface area contributed by atoms with Gasteiger partial charge < -0.3 is 0 Å². The van der Waals surface area contributed by atoms with E-state index in [0.29, 0.717) is 17.5 Å². The number of benzene rings is 1. The van der Waals surface area contributed by atoms with Gasteiger partial charge in [-0.15, -0.1) is 0 Å². The van der Waals surface area contributed by atoms with Crippen molar-refractivity contribution in [2.45, 2.75) is 20.0 Å². The van der Waals surface area contributed by atoms with E-state index in [4.69, 9.17) is 0 Å². The zero-order valence-electron chi connectivity index (χ0n) is 12.4. The molecule has 2 heterocycles. The van der Waals surface area contributed by atoms with Crippen molar-refractivity contribution >= 4 is 11.2 Å². The second-order valence-corrected chi connectivity index (χ2v) is 5.10. The third-order valence-electron chi connectivity index (χ3n) is 3.50. The van der Waals surface area contributed by atoms with Crippen LogP contribution in [0.25, 0.3) is 22.4 Å². The molecular formula is C15H9F5N4. The van der Waals surface area contributed by atoms with Gasteiger partial charge in [0, 0.05) is 5.56 Å². The molecule has 9 heteroatoms. The van der Waals surface area contributed by atoms with E-state index < -0.39 is 28.9 Å². The fraction of sp³-hybridized carbons (Fsp3) is 0.200. The molecule has 0 saturated carbocycles. The van der Waals surface area contributed by atoms with E-state index in [1.807, 2.05) is 0 Å². The monoisotopic (exact) mass is 340 g/mol. The van der Waals surface area contributed by atoms with Crippen LogP contribution in [0, 0.1) is 25.5 Å². The lowest BCUT2D eigenvalue weighted by molar-refractivity contribution is -0.140. The number of halogens is 5. The van der Waals surface area contributed by atoms with Gasteiger partial charge >= 0.3 is 6.18 Å². The van der Waals surface area contributed by atoms with Crippen molar-refractivity contribution in [3.05, 3.63) is 47.0 Å². The van der Waals surface area contributed by atoms with Crippen LogP contribution in [0.15, 0.2) is 18.5 Å². The minimum absolute atomic E-state index is 0.0821. The average molecular weight is 340 g/mol. The second kappa shape index (κ2) is 5.43. The fourth-order valence-electron chi connectivity index (χ4n) is 2.19. The van der Waals surface area contributed by atoms with Gasteiger partial charge in [-0.2, -0.15) is 13.2 Å². The van der Waals surface area contributed by atoms with E-state index >= 15 is 0 Å². The smallest absolute Gasteiger partial charge is 0.246 e. The number of fused-ring (bicyclic) bond motifs is 1. The van der Waals surface area contributed by atoms with Crippen LogP contribution in [0.5, 0.6) is 0 Å². The molecule has 0 aliphatic heterocycles. The van der Waals surface area contributed by atoms with E-state index in [1.54, 1.807) is 13.8 Å². The van der Waals surface area contributed by atoms with E-state index in [1.165, 1.54) is 0 Å². The summed E-state index contributed by atoms with van der Waals surface area (Å²) in [7, 11) is 0. The largest absolute Gasteiger partial charge is 0.419 e. The Hall–Kier alpha value is -2.71. The molecule has 0 bridgehead atoms. The SMILES string of the molecule is Cc1nc2ncnc(-c3cc(F)c(C(F)(F)F)cc3F)c2nc1C. The molecular weight excluding hydrogens is 331 g/mol. The molecule has 3 aromatic rings. The lowest BCUT2D eigenvalue weighted by atomic mass is 10.1. The third-order valence-corrected chi connectivity index (χ3v) is 3.50. The Morgan fingerprint density at radius 3 is 2.21 bits per heavy atom. The van der Waals surface area contributed by atoms with Crippen molar-refractivity contribution in [1.82, 2.24) is 19.9 Å². The van der Waals surface area contributed by atoms with Crippen molar-refractivity contribution < 1.29 is 22.0 Å². The van der Waals surface area contributed by atoms with Crippen LogP contribution in [0.2, 0.25) is 0 Å². The summed E-state index contributed by atoms with van der Waals surface area (Å²) >= 11 is 0. The summed E-state index contributed by atoms with van der Waals surface area (Å²) in [4.78, 5) is 16.1. The first kappa shape index (κ1) is 16.2. The van der Waals surface area contributed by atoms with Gasteiger partial charge in [-0.05, 0) is 26.0 Å². The first-order valence-electron chi connectivity index (χ1n) is 6.71. The van der Waals surface area contributed by atoms with E-state index in [2.05, 4.69) is 19.9 Å². The maximum Gasteiger partial charge on any atom is 0.419 e. The number of nitrogens with zero attached hydrogens (tertiary/aromatic N) is 4. The molecule has 0 atom stereocenters. The normalized spacial score (nSPS) is 12.0. The number of alkyl halides is 3. The van der Waals surface area contributed by atoms with Crippen molar-refractivity contribution in [2.75, 3.05) is 0 Å². The van der Waals surface area contributed by atoms with Gasteiger partial charge in [0.1, 0.15) is 29.2 Å². The van der Waals surface area contributed by atoms with E-state index in [-0.39, 0.29) is 22.9 Å². The summed E-state index contributed by atoms with van der Waals surface area (Å²) in [6.07, 6.45) is -3.93. The third kappa shape index (κ3) is 2.66. The van der Waals surface area contributed by atoms with Crippen LogP contribution in [0.1, 0.15) is 17.0 Å². The topological polar surface area (TPSA) is 51.6 Å². The number of rotatable bonds is 1. The molecule has 2 aromatic heterocycles. The number of hydrogen-bond donors (Lipinski definition) is 0. The lowest BCUT2D eigenvalue weighted by Gasteiger charge is -2.11. The van der Waals surface area contributed by atoms with Gasteiger partial charge in [0.25, 0.3) is 0 Å². The summed E-state index contributed by atoms with van der Waals surface area (Å²) in [6.45, 7) is 3.35. The molecule has 24 heavy (non-hydrogen) atoms. The molecule has 0 saturated heterocycles. The summed E-state index contributed by atoms with van der Waals surface area (Å²) in [5, 5.41) is 0. The summed E-state index contributed by atoms with van der Waals surface area (Å²) < 4.78 is 65.9. The first-order valence-corrected chi connectivity index (χ1v) is 6.71. The summed E-state index contributed by atoms with van der Waals surface area (Å²) in [5.74, 6) is -2.86. The zero-order valence-corrected chi connectivity index (χ0v) is 12.4. The Labute approximate surface area is 132 Å². The highest BCUT2D eigenvalue weighted by Gasteiger charge is 2.35. The van der Waals surface area contributed by atoms with Crippen LogP contribution < -0.4 is 0 Å². The Morgan fingerprint density at radius 1 is 0.875 bits per heavy atom. The Kier molecular flexibility index (Phi) is 3.66. The van der Waals surface area contributed by atoms with Crippen LogP contribution in [0.4, 0.5) is 22.0 Å². The molecule has 3 rings (SSSR count). The molecule has 0 spiro atoms. The van der Waals surface area contributed by atoms with Crippen molar-refractivity contribution in [3.8, 4) is 11.3 Å². The molecule has 0 fully saturated rings. The molecule has 1 aromatic carbocycles. The van der Waals surface area contributed by atoms with Crippen molar-refractivity contribution in [2.24, 2.45) is 0 Å². The van der Waals surface area contributed by atoms with Gasteiger partial charge in [0.05, 0.1) is 17.0 Å². The fourth-order valence-corrected chi connectivity index (χ4v) is 2.19. The first-order chi connectivity index (χ1) is 11.2. The number of hydrogen-bond acceptors (Lipinski definition) is 4. The molecule has 0 aliphatic rings. The number of aryl methyl sites for hydroxylation is 2. The Bertz CT molecular complexity index is 953. The van der Waals surface area contributed by atoms with Gasteiger partial charge in [0.2, 0.25) is 0 Å². The van der Waals surface area contributed by atoms with Crippen molar-refractivity contribution in [3.63, 3.8) is 0 Å². The second-order valence-electron chi connectivity index (χ2n) is 5.10. The molecule has 0 aliphatic carbocycles. The molecule has 0 radical (unpaired) electrons. The molecule has 0 unspecified atom stereocenters. The maximum atomic E-state index is 14.2. The van der Waals surface area contributed by atoms with Crippen LogP contribution in [-0.4, -0.2) is 19.9 Å². The molecule has 124 valence electrons. The minimum atomic E-state index is -5.00. The van der Waals surface area contributed by atoms with Gasteiger partial charge in [-0.1, -0.05) is 0 Å². The zero-order chi connectivity index (χ0) is 17.6. The highest BCUT2D eigenvalue weighted by molar-refractivity contribution is 5.86. The van der Waals surface area contributed by atoms with E-state index in [0.717, 1.165) is 6.33 Å². The van der Waals surface area contributed by atoms with Gasteiger partial charge in [0.15, 0.2) is 5.65 Å². The predicted octanol–water partition coefficient (Wildman–Crippen LogP) is 4.00. The van der Waals surface area contributed by atoms with Gasteiger partial charge in [-0.25, -0.2) is 28.7 Å². The molecule has 4 nitrogen and oxygen atoms in total. The number of aromatic nitrogens is 4. The summed E-state index contributed by atoms with van der Waals surface area (Å²) in [6, 6.07) is 0.559. The standard InChI is InChI=1S/C15H9F5N4/c1-6-7(2)24-14-13(23-6)12(21-5-22-14)8-3-11(17)9(4-10(8)16)15(18,19)20/h3-5H,1-2H3. The quantitative estimate of drug-likeness (QED) is 0.628. The average Bonchev–Trinajstić information content (AvgIpc) is 2.49. The van der Waals surface area contributed by atoms with Gasteiger partial charge in [-0.3, -0.25) is 0 Å². The molecule has 0 N–H and O–H groups in total. The van der Waals surface area contributed by atoms with Crippen LogP contribution in [-0.2, 0) is 6.18 Å².